The molecule has 2 aromatic carbocycles. The lowest BCUT2D eigenvalue weighted by molar-refractivity contribution is -0.000510. The molecule has 51 heavy (non-hydrogen) atoms. The Labute approximate surface area is 302 Å². The maximum Gasteiger partial charge on any atom is 0.265 e. The van der Waals surface area contributed by atoms with Gasteiger partial charge in [-0.15, -0.1) is 11.3 Å². The van der Waals surface area contributed by atoms with E-state index >= 15 is 0 Å². The number of fused-ring (bicyclic) bond motifs is 3. The third kappa shape index (κ3) is 6.35. The van der Waals surface area contributed by atoms with Crippen LogP contribution >= 0.6 is 22.9 Å². The van der Waals surface area contributed by atoms with Gasteiger partial charge in [0, 0.05) is 72.3 Å². The van der Waals surface area contributed by atoms with Crippen LogP contribution in [0.2, 0.25) is 5.02 Å². The molecule has 3 aliphatic heterocycles. The van der Waals surface area contributed by atoms with Gasteiger partial charge in [0.15, 0.2) is 0 Å². The first kappa shape index (κ1) is 33.0. The molecule has 6 heterocycles. The number of nitrogens with one attached hydrogen (secondary N) is 2. The van der Waals surface area contributed by atoms with Crippen LogP contribution in [0.5, 0.6) is 0 Å². The van der Waals surface area contributed by atoms with Crippen molar-refractivity contribution >= 4 is 63.5 Å². The predicted octanol–water partition coefficient (Wildman–Crippen LogP) is 7.32. The van der Waals surface area contributed by atoms with E-state index in [2.05, 4.69) is 25.5 Å². The fourth-order valence-corrected chi connectivity index (χ4v) is 8.36. The molecule has 0 saturated carbocycles. The number of hydrogen-bond acceptors (Lipinski definition) is 8. The van der Waals surface area contributed by atoms with E-state index in [1.807, 2.05) is 6.07 Å². The fraction of sp³-hybridized carbons (Fsp3) is 0.237. The first-order valence-corrected chi connectivity index (χ1v) is 17.8. The number of rotatable bonds is 6. The number of aromatic nitrogens is 2. The molecule has 0 unspecified atom stereocenters. The Morgan fingerprint density at radius 3 is 2.53 bits per heavy atom. The van der Waals surface area contributed by atoms with Crippen LogP contribution in [-0.2, 0) is 11.2 Å². The lowest BCUT2D eigenvalue weighted by Crippen LogP contribution is -2.59. The van der Waals surface area contributed by atoms with E-state index < -0.39 is 11.7 Å². The summed E-state index contributed by atoms with van der Waals surface area (Å²) < 4.78 is 19.9. The van der Waals surface area contributed by atoms with Crippen molar-refractivity contribution in [1.29, 1.82) is 0 Å². The number of amides is 3. The lowest BCUT2D eigenvalue weighted by atomic mass is 9.73. The van der Waals surface area contributed by atoms with E-state index in [1.54, 1.807) is 66.0 Å². The second-order valence-corrected chi connectivity index (χ2v) is 14.4. The van der Waals surface area contributed by atoms with Crippen LogP contribution in [0.1, 0.15) is 48.8 Å². The van der Waals surface area contributed by atoms with Crippen molar-refractivity contribution < 1.29 is 23.5 Å². The van der Waals surface area contributed by atoms with E-state index in [1.165, 1.54) is 29.5 Å². The highest BCUT2D eigenvalue weighted by Gasteiger charge is 2.45. The second kappa shape index (κ2) is 13.5. The molecular formula is C38H32ClFN6O4S. The van der Waals surface area contributed by atoms with Gasteiger partial charge in [0.25, 0.3) is 17.7 Å². The molecule has 3 amide bonds. The first-order valence-electron chi connectivity index (χ1n) is 16.6. The van der Waals surface area contributed by atoms with Crippen molar-refractivity contribution in [3.63, 3.8) is 0 Å². The number of hydrogen-bond donors (Lipinski definition) is 2. The van der Waals surface area contributed by atoms with Crippen LogP contribution in [0.25, 0.3) is 10.4 Å². The number of benzene rings is 2. The summed E-state index contributed by atoms with van der Waals surface area (Å²) in [6.45, 7) is 3.60. The minimum atomic E-state index is -0.622. The molecule has 258 valence electrons. The topological polar surface area (TPSA) is 117 Å². The molecule has 3 aromatic heterocycles. The summed E-state index contributed by atoms with van der Waals surface area (Å²) >= 11 is 7.39. The fourth-order valence-electron chi connectivity index (χ4n) is 7.01. The van der Waals surface area contributed by atoms with Crippen LogP contribution in [0.15, 0.2) is 85.3 Å². The Bertz CT molecular complexity index is 2140. The summed E-state index contributed by atoms with van der Waals surface area (Å²) in [7, 11) is 0. The van der Waals surface area contributed by atoms with Crippen molar-refractivity contribution in [2.45, 2.75) is 19.3 Å². The number of nitrogens with zero attached hydrogens (tertiary/aromatic N) is 4. The Morgan fingerprint density at radius 1 is 0.941 bits per heavy atom. The molecule has 2 N–H and O–H groups in total. The van der Waals surface area contributed by atoms with E-state index in [0.29, 0.717) is 46.2 Å². The molecule has 5 aromatic rings. The minimum absolute atomic E-state index is 0.0724. The average Bonchev–Trinajstić information content (AvgIpc) is 3.50. The number of ether oxygens (including phenoxy) is 1. The highest BCUT2D eigenvalue weighted by atomic mass is 35.5. The maximum atomic E-state index is 14.4. The van der Waals surface area contributed by atoms with Gasteiger partial charge >= 0.3 is 0 Å². The largest absolute Gasteiger partial charge is 0.381 e. The highest BCUT2D eigenvalue weighted by molar-refractivity contribution is 7.17. The zero-order valence-corrected chi connectivity index (χ0v) is 28.9. The summed E-state index contributed by atoms with van der Waals surface area (Å²) in [5, 5.41) is 5.67. The van der Waals surface area contributed by atoms with Gasteiger partial charge in [0.2, 0.25) is 0 Å². The zero-order chi connectivity index (χ0) is 35.1. The molecule has 0 aliphatic carbocycles. The summed E-state index contributed by atoms with van der Waals surface area (Å²) in [5.41, 5.74) is 3.93. The minimum Gasteiger partial charge on any atom is -0.381 e. The summed E-state index contributed by atoms with van der Waals surface area (Å²) in [4.78, 5) is 54.5. The maximum absolute atomic E-state index is 14.4. The molecule has 1 spiro atoms. The number of para-hydroxylation sites is 1. The second-order valence-electron chi connectivity index (χ2n) is 13.0. The standard InChI is InChI=1S/C38H32ClFN6O4S/c39-28-4-1-5-29(40)32(28)44-36(48)31-19-24-11-16-46(30-20-41-15-10-26(30)33(24)51-31)37(49)23-6-8-25(9-7-23)43-35(47)27-3-2-14-42-34(27)45-21-38(22-45)12-17-50-18-13-38/h1-10,14-15,19-20H,11-13,16-18,21-22H2,(H,43,47)(H,44,48). The van der Waals surface area contributed by atoms with E-state index in [9.17, 15) is 18.8 Å². The van der Waals surface area contributed by atoms with Gasteiger partial charge in [-0.25, -0.2) is 9.37 Å². The molecule has 10 nitrogen and oxygen atoms in total. The third-order valence-corrected chi connectivity index (χ3v) is 11.3. The molecule has 3 aliphatic rings. The molecule has 0 atom stereocenters. The predicted molar refractivity (Wildman–Crippen MR) is 196 cm³/mol. The van der Waals surface area contributed by atoms with Gasteiger partial charge in [-0.2, -0.15) is 0 Å². The Kier molecular flexibility index (Phi) is 8.74. The molecule has 8 rings (SSSR count). The van der Waals surface area contributed by atoms with Gasteiger partial charge in [-0.05, 0) is 85.5 Å². The number of anilines is 4. The Hall–Kier alpha value is -5.17. The van der Waals surface area contributed by atoms with Crippen LogP contribution in [0.3, 0.4) is 0 Å². The third-order valence-electron chi connectivity index (χ3n) is 9.75. The van der Waals surface area contributed by atoms with Crippen LogP contribution in [0, 0.1) is 11.2 Å². The quantitative estimate of drug-likeness (QED) is 0.189. The molecule has 13 heteroatoms. The lowest BCUT2D eigenvalue weighted by Gasteiger charge is -2.53. The number of carbonyl (C=O) groups is 3. The van der Waals surface area contributed by atoms with Gasteiger partial charge in [0.1, 0.15) is 11.6 Å². The number of carbonyl (C=O) groups excluding carboxylic acids is 3. The SMILES string of the molecule is O=C(Nc1c(F)cccc1Cl)c1cc2c(s1)-c1ccncc1N(C(=O)c1ccc(NC(=O)c3cccnc3N3CC4(CCOCC4)C3)cc1)CC2. The normalized spacial score (nSPS) is 16.0. The Morgan fingerprint density at radius 2 is 1.75 bits per heavy atom. The van der Waals surface area contributed by atoms with Crippen molar-refractivity contribution in [1.82, 2.24) is 9.97 Å². The zero-order valence-electron chi connectivity index (χ0n) is 27.3. The van der Waals surface area contributed by atoms with Crippen molar-refractivity contribution in [3.8, 4) is 10.4 Å². The Balaban J connectivity index is 0.968. The average molecular weight is 723 g/mol. The molecule has 2 saturated heterocycles. The summed E-state index contributed by atoms with van der Waals surface area (Å²) in [6, 6.07) is 18.2. The first-order chi connectivity index (χ1) is 24.8. The summed E-state index contributed by atoms with van der Waals surface area (Å²) in [5.74, 6) is -0.918. The van der Waals surface area contributed by atoms with Crippen LogP contribution in [-0.4, -0.2) is 60.5 Å². The summed E-state index contributed by atoms with van der Waals surface area (Å²) in [6.07, 6.45) is 7.51. The van der Waals surface area contributed by atoms with Crippen LogP contribution < -0.4 is 20.4 Å². The van der Waals surface area contributed by atoms with Gasteiger partial charge in [-0.3, -0.25) is 19.4 Å². The van der Waals surface area contributed by atoms with E-state index in [4.69, 9.17) is 16.3 Å². The van der Waals surface area contributed by atoms with Gasteiger partial charge < -0.3 is 25.2 Å². The van der Waals surface area contributed by atoms with Crippen molar-refractivity contribution in [3.05, 3.63) is 118 Å². The molecule has 0 radical (unpaired) electrons. The van der Waals surface area contributed by atoms with E-state index in [-0.39, 0.29) is 27.9 Å². The van der Waals surface area contributed by atoms with Crippen LogP contribution in [0.4, 0.5) is 27.3 Å². The highest BCUT2D eigenvalue weighted by Crippen LogP contribution is 2.43. The number of pyridine rings is 2. The number of thiophene rings is 1. The van der Waals surface area contributed by atoms with Crippen molar-refractivity contribution in [2.75, 3.05) is 53.3 Å². The molecule has 2 fully saturated rings. The van der Waals surface area contributed by atoms with Gasteiger partial charge in [0.05, 0.1) is 33.0 Å². The smallest absolute Gasteiger partial charge is 0.265 e. The molecular weight excluding hydrogens is 691 g/mol. The van der Waals surface area contributed by atoms with Crippen molar-refractivity contribution in [2.24, 2.45) is 5.41 Å². The molecule has 0 bridgehead atoms. The van der Waals surface area contributed by atoms with E-state index in [0.717, 1.165) is 55.1 Å². The monoisotopic (exact) mass is 722 g/mol. The van der Waals surface area contributed by atoms with Gasteiger partial charge in [-0.1, -0.05) is 17.7 Å². The number of halogens is 2.